The quantitative estimate of drug-likeness (QED) is 0.783. The Balaban J connectivity index is 2.20. The average molecular weight is 233 g/mol. The Labute approximate surface area is 104 Å². The van der Waals surface area contributed by atoms with E-state index in [4.69, 9.17) is 5.11 Å². The summed E-state index contributed by atoms with van der Waals surface area (Å²) in [6.07, 6.45) is 5.13. The SMILES string of the molecule is CC(C)(CNCO)c1ccc2c(c1)CCCC2. The van der Waals surface area contributed by atoms with Gasteiger partial charge in [-0.05, 0) is 42.4 Å². The van der Waals surface area contributed by atoms with Gasteiger partial charge in [0, 0.05) is 12.0 Å². The van der Waals surface area contributed by atoms with Gasteiger partial charge in [0.1, 0.15) is 0 Å². The van der Waals surface area contributed by atoms with Crippen molar-refractivity contribution >= 4 is 0 Å². The minimum atomic E-state index is 0.0500. The van der Waals surface area contributed by atoms with Crippen molar-refractivity contribution in [2.24, 2.45) is 0 Å². The monoisotopic (exact) mass is 233 g/mol. The molecule has 17 heavy (non-hydrogen) atoms. The molecule has 0 radical (unpaired) electrons. The molecule has 0 unspecified atom stereocenters. The highest BCUT2D eigenvalue weighted by molar-refractivity contribution is 5.37. The predicted molar refractivity (Wildman–Crippen MR) is 71.2 cm³/mol. The second-order valence-corrected chi connectivity index (χ2v) is 5.66. The summed E-state index contributed by atoms with van der Waals surface area (Å²) < 4.78 is 0. The van der Waals surface area contributed by atoms with Gasteiger partial charge in [0.25, 0.3) is 0 Å². The average Bonchev–Trinajstić information content (AvgIpc) is 2.36. The first kappa shape index (κ1) is 12.6. The maximum absolute atomic E-state index is 8.86. The smallest absolute Gasteiger partial charge is 0.0931 e. The lowest BCUT2D eigenvalue weighted by molar-refractivity contribution is 0.247. The van der Waals surface area contributed by atoms with E-state index in [1.807, 2.05) is 0 Å². The molecule has 0 aromatic heterocycles. The van der Waals surface area contributed by atoms with Crippen LogP contribution in [0.5, 0.6) is 0 Å². The fraction of sp³-hybridized carbons (Fsp3) is 0.600. The Hall–Kier alpha value is -0.860. The lowest BCUT2D eigenvalue weighted by Crippen LogP contribution is -2.33. The maximum Gasteiger partial charge on any atom is 0.0931 e. The largest absolute Gasteiger partial charge is 0.381 e. The van der Waals surface area contributed by atoms with Gasteiger partial charge >= 0.3 is 0 Å². The molecule has 0 fully saturated rings. The van der Waals surface area contributed by atoms with E-state index in [0.29, 0.717) is 0 Å². The molecule has 0 saturated carbocycles. The summed E-state index contributed by atoms with van der Waals surface area (Å²) in [7, 11) is 0. The minimum absolute atomic E-state index is 0.0500. The van der Waals surface area contributed by atoms with Crippen molar-refractivity contribution in [3.05, 3.63) is 34.9 Å². The van der Waals surface area contributed by atoms with Crippen molar-refractivity contribution in [1.29, 1.82) is 0 Å². The second-order valence-electron chi connectivity index (χ2n) is 5.66. The summed E-state index contributed by atoms with van der Waals surface area (Å²) in [6.45, 7) is 5.30. The zero-order chi connectivity index (χ0) is 12.3. The molecule has 1 aromatic rings. The highest BCUT2D eigenvalue weighted by Gasteiger charge is 2.21. The van der Waals surface area contributed by atoms with E-state index in [2.05, 4.69) is 37.4 Å². The van der Waals surface area contributed by atoms with Gasteiger partial charge in [0.2, 0.25) is 0 Å². The van der Waals surface area contributed by atoms with Crippen LogP contribution in [-0.4, -0.2) is 18.4 Å². The summed E-state index contributed by atoms with van der Waals surface area (Å²) in [4.78, 5) is 0. The molecule has 2 N–H and O–H groups in total. The molecule has 2 nitrogen and oxygen atoms in total. The third-order valence-corrected chi connectivity index (χ3v) is 3.81. The first-order valence-electron chi connectivity index (χ1n) is 6.57. The van der Waals surface area contributed by atoms with Crippen LogP contribution in [-0.2, 0) is 18.3 Å². The fourth-order valence-corrected chi connectivity index (χ4v) is 2.62. The van der Waals surface area contributed by atoms with Gasteiger partial charge in [0.15, 0.2) is 0 Å². The van der Waals surface area contributed by atoms with Gasteiger partial charge in [-0.25, -0.2) is 0 Å². The van der Waals surface area contributed by atoms with Gasteiger partial charge in [-0.2, -0.15) is 0 Å². The van der Waals surface area contributed by atoms with Crippen molar-refractivity contribution in [3.63, 3.8) is 0 Å². The maximum atomic E-state index is 8.86. The number of fused-ring (bicyclic) bond motifs is 1. The van der Waals surface area contributed by atoms with E-state index in [0.717, 1.165) is 6.54 Å². The molecular weight excluding hydrogens is 210 g/mol. The van der Waals surface area contributed by atoms with Gasteiger partial charge in [0.05, 0.1) is 6.73 Å². The molecule has 1 aromatic carbocycles. The molecule has 0 heterocycles. The molecule has 2 heteroatoms. The number of aryl methyl sites for hydroxylation is 2. The molecule has 0 spiro atoms. The third kappa shape index (κ3) is 2.88. The standard InChI is InChI=1S/C15H23NO/c1-15(2,10-16-11-17)14-8-7-12-5-3-4-6-13(12)9-14/h7-9,16-17H,3-6,10-11H2,1-2H3. The highest BCUT2D eigenvalue weighted by atomic mass is 16.3. The van der Waals surface area contributed by atoms with Crippen molar-refractivity contribution in [2.45, 2.75) is 44.9 Å². The summed E-state index contributed by atoms with van der Waals surface area (Å²) in [5, 5.41) is 11.9. The normalized spacial score (nSPS) is 15.7. The van der Waals surface area contributed by atoms with Crippen LogP contribution in [0.2, 0.25) is 0 Å². The zero-order valence-corrected chi connectivity index (χ0v) is 10.9. The van der Waals surface area contributed by atoms with Crippen molar-refractivity contribution < 1.29 is 5.11 Å². The van der Waals surface area contributed by atoms with Gasteiger partial charge in [-0.15, -0.1) is 0 Å². The van der Waals surface area contributed by atoms with Crippen LogP contribution in [0.3, 0.4) is 0 Å². The summed E-state index contributed by atoms with van der Waals surface area (Å²) >= 11 is 0. The topological polar surface area (TPSA) is 32.3 Å². The van der Waals surface area contributed by atoms with E-state index in [1.165, 1.54) is 42.4 Å². The minimum Gasteiger partial charge on any atom is -0.381 e. The van der Waals surface area contributed by atoms with E-state index in [-0.39, 0.29) is 12.1 Å². The Morgan fingerprint density at radius 2 is 1.88 bits per heavy atom. The van der Waals surface area contributed by atoms with Crippen LogP contribution < -0.4 is 5.32 Å². The van der Waals surface area contributed by atoms with Crippen LogP contribution in [0, 0.1) is 0 Å². The number of hydrogen-bond donors (Lipinski definition) is 2. The summed E-state index contributed by atoms with van der Waals surface area (Å²) in [5.74, 6) is 0. The number of nitrogens with one attached hydrogen (secondary N) is 1. The van der Waals surface area contributed by atoms with Crippen molar-refractivity contribution in [1.82, 2.24) is 5.32 Å². The van der Waals surface area contributed by atoms with Gasteiger partial charge in [-0.3, -0.25) is 5.32 Å². The van der Waals surface area contributed by atoms with E-state index >= 15 is 0 Å². The summed E-state index contributed by atoms with van der Waals surface area (Å²) in [6, 6.07) is 6.92. The Morgan fingerprint density at radius 3 is 2.59 bits per heavy atom. The first-order chi connectivity index (χ1) is 8.13. The van der Waals surface area contributed by atoms with Crippen molar-refractivity contribution in [2.75, 3.05) is 13.3 Å². The number of benzene rings is 1. The number of aliphatic hydroxyl groups excluding tert-OH is 1. The van der Waals surface area contributed by atoms with E-state index in [1.54, 1.807) is 0 Å². The van der Waals surface area contributed by atoms with Crippen LogP contribution in [0.4, 0.5) is 0 Å². The highest BCUT2D eigenvalue weighted by Crippen LogP contribution is 2.28. The molecule has 1 aliphatic rings. The molecule has 0 bridgehead atoms. The number of rotatable bonds is 4. The van der Waals surface area contributed by atoms with Crippen LogP contribution >= 0.6 is 0 Å². The predicted octanol–water partition coefficient (Wildman–Crippen LogP) is 2.38. The third-order valence-electron chi connectivity index (χ3n) is 3.81. The molecule has 2 rings (SSSR count). The molecular formula is C15H23NO. The van der Waals surface area contributed by atoms with Crippen LogP contribution in [0.25, 0.3) is 0 Å². The molecule has 0 aliphatic heterocycles. The Kier molecular flexibility index (Phi) is 3.85. The lowest BCUT2D eigenvalue weighted by Gasteiger charge is -2.27. The Morgan fingerprint density at radius 1 is 1.18 bits per heavy atom. The van der Waals surface area contributed by atoms with Crippen LogP contribution in [0.1, 0.15) is 43.4 Å². The van der Waals surface area contributed by atoms with E-state index in [9.17, 15) is 0 Å². The fourth-order valence-electron chi connectivity index (χ4n) is 2.62. The lowest BCUT2D eigenvalue weighted by atomic mass is 9.81. The van der Waals surface area contributed by atoms with E-state index < -0.39 is 0 Å². The van der Waals surface area contributed by atoms with Gasteiger partial charge < -0.3 is 5.11 Å². The number of hydrogen-bond acceptors (Lipinski definition) is 2. The molecule has 0 amide bonds. The van der Waals surface area contributed by atoms with Crippen molar-refractivity contribution in [3.8, 4) is 0 Å². The van der Waals surface area contributed by atoms with Gasteiger partial charge in [-0.1, -0.05) is 32.0 Å². The Bertz CT molecular complexity index is 385. The number of aliphatic hydroxyl groups is 1. The molecule has 0 saturated heterocycles. The molecule has 1 aliphatic carbocycles. The molecule has 0 atom stereocenters. The van der Waals surface area contributed by atoms with Crippen LogP contribution in [0.15, 0.2) is 18.2 Å². The first-order valence-corrected chi connectivity index (χ1v) is 6.57. The zero-order valence-electron chi connectivity index (χ0n) is 10.9. The second kappa shape index (κ2) is 5.19. The summed E-state index contributed by atoms with van der Waals surface area (Å²) in [5.41, 5.74) is 4.52. The molecule has 94 valence electrons.